The van der Waals surface area contributed by atoms with Crippen LogP contribution in [0.25, 0.3) is 0 Å². The monoisotopic (exact) mass is 261 g/mol. The van der Waals surface area contributed by atoms with E-state index in [9.17, 15) is 15.2 Å². The molecule has 100 valence electrons. The third-order valence-electron chi connectivity index (χ3n) is 3.34. The zero-order valence-electron chi connectivity index (χ0n) is 10.7. The molecule has 0 aromatic heterocycles. The van der Waals surface area contributed by atoms with Crippen molar-refractivity contribution >= 4 is 11.4 Å². The van der Waals surface area contributed by atoms with Crippen molar-refractivity contribution in [3.05, 3.63) is 33.9 Å². The number of para-hydroxylation sites is 1. The van der Waals surface area contributed by atoms with E-state index in [1.54, 1.807) is 17.0 Å². The van der Waals surface area contributed by atoms with Crippen LogP contribution in [-0.2, 0) is 0 Å². The summed E-state index contributed by atoms with van der Waals surface area (Å²) < 4.78 is 0. The average Bonchev–Trinajstić information content (AvgIpc) is 2.34. The average molecular weight is 261 g/mol. The van der Waals surface area contributed by atoms with E-state index in [1.807, 2.05) is 13.0 Å². The van der Waals surface area contributed by atoms with Gasteiger partial charge in [-0.05, 0) is 18.6 Å². The second-order valence-corrected chi connectivity index (χ2v) is 4.87. The number of hydrogen-bond donors (Lipinski definition) is 1. The molecule has 6 nitrogen and oxygen atoms in total. The van der Waals surface area contributed by atoms with E-state index in [2.05, 4.69) is 0 Å². The van der Waals surface area contributed by atoms with Crippen LogP contribution in [0.1, 0.15) is 25.3 Å². The molecule has 1 aliphatic rings. The molecule has 1 aromatic carbocycles. The Labute approximate surface area is 111 Å². The molecule has 1 N–H and O–H groups in total. The van der Waals surface area contributed by atoms with Crippen LogP contribution in [0, 0.1) is 21.4 Å². The summed E-state index contributed by atoms with van der Waals surface area (Å²) in [5, 5.41) is 30.1. The highest BCUT2D eigenvalue weighted by Crippen LogP contribution is 2.38. The van der Waals surface area contributed by atoms with Crippen LogP contribution >= 0.6 is 0 Å². The number of aliphatic hydroxyl groups is 1. The molecular formula is C13H15N3O3. The third kappa shape index (κ3) is 2.37. The predicted molar refractivity (Wildman–Crippen MR) is 69.9 cm³/mol. The van der Waals surface area contributed by atoms with Crippen LogP contribution < -0.4 is 4.90 Å². The maximum Gasteiger partial charge on any atom is 0.310 e. The van der Waals surface area contributed by atoms with Crippen molar-refractivity contribution in [1.29, 1.82) is 5.26 Å². The Balaban J connectivity index is 2.28. The van der Waals surface area contributed by atoms with Crippen LogP contribution in [0.2, 0.25) is 0 Å². The predicted octanol–water partition coefficient (Wildman–Crippen LogP) is 1.82. The number of β-amino-alcohol motifs (C(OH)–C–C–N with tert-alkyl or cyclic N) is 1. The lowest BCUT2D eigenvalue weighted by molar-refractivity contribution is -0.384. The summed E-state index contributed by atoms with van der Waals surface area (Å²) >= 11 is 0. The number of nitriles is 1. The second kappa shape index (κ2) is 4.86. The van der Waals surface area contributed by atoms with Gasteiger partial charge in [0.05, 0.1) is 10.5 Å². The van der Waals surface area contributed by atoms with Gasteiger partial charge in [-0.25, -0.2) is 0 Å². The van der Waals surface area contributed by atoms with Gasteiger partial charge in [-0.3, -0.25) is 10.1 Å². The molecule has 1 aliphatic heterocycles. The highest BCUT2D eigenvalue weighted by molar-refractivity contribution is 5.71. The lowest BCUT2D eigenvalue weighted by Gasteiger charge is -2.47. The lowest BCUT2D eigenvalue weighted by Crippen LogP contribution is -2.62. The summed E-state index contributed by atoms with van der Waals surface area (Å²) in [6.45, 7) is 2.73. The Morgan fingerprint density at radius 1 is 1.58 bits per heavy atom. The molecule has 19 heavy (non-hydrogen) atoms. The first-order valence-corrected chi connectivity index (χ1v) is 6.15. The number of anilines is 1. The summed E-state index contributed by atoms with van der Waals surface area (Å²) in [5.41, 5.74) is -0.479. The molecule has 0 bridgehead atoms. The zero-order valence-corrected chi connectivity index (χ0v) is 10.7. The van der Waals surface area contributed by atoms with Crippen molar-refractivity contribution in [2.24, 2.45) is 0 Å². The Morgan fingerprint density at radius 3 is 2.79 bits per heavy atom. The molecule has 1 heterocycles. The normalized spacial score (nSPS) is 16.6. The van der Waals surface area contributed by atoms with Gasteiger partial charge in [-0.15, -0.1) is 0 Å². The number of nitro benzene ring substituents is 1. The Kier molecular flexibility index (Phi) is 3.40. The molecule has 6 heteroatoms. The maximum atomic E-state index is 11.1. The van der Waals surface area contributed by atoms with Crippen LogP contribution in [0.3, 0.4) is 0 Å². The van der Waals surface area contributed by atoms with Gasteiger partial charge in [0.15, 0.2) is 0 Å². The number of nitrogens with zero attached hydrogens (tertiary/aromatic N) is 3. The molecule has 0 unspecified atom stereocenters. The fourth-order valence-electron chi connectivity index (χ4n) is 2.53. The zero-order chi connectivity index (χ0) is 14.0. The summed E-state index contributed by atoms with van der Waals surface area (Å²) in [4.78, 5) is 12.3. The van der Waals surface area contributed by atoms with E-state index in [0.29, 0.717) is 25.2 Å². The van der Waals surface area contributed by atoms with Gasteiger partial charge >= 0.3 is 5.69 Å². The van der Waals surface area contributed by atoms with Gasteiger partial charge < -0.3 is 10.0 Å². The minimum Gasteiger partial charge on any atom is -0.386 e. The minimum absolute atomic E-state index is 0.0495. The first-order valence-electron chi connectivity index (χ1n) is 6.15. The number of rotatable bonds is 4. The highest BCUT2D eigenvalue weighted by atomic mass is 16.6. The van der Waals surface area contributed by atoms with E-state index in [4.69, 9.17) is 5.26 Å². The van der Waals surface area contributed by atoms with Gasteiger partial charge in [0.25, 0.3) is 0 Å². The molecule has 0 aliphatic carbocycles. The van der Waals surface area contributed by atoms with E-state index in [-0.39, 0.29) is 11.3 Å². The minimum atomic E-state index is -0.759. The van der Waals surface area contributed by atoms with Crippen molar-refractivity contribution in [2.45, 2.75) is 25.4 Å². The quantitative estimate of drug-likeness (QED) is 0.659. The Morgan fingerprint density at radius 2 is 2.26 bits per heavy atom. The number of hydrogen-bond acceptors (Lipinski definition) is 5. The van der Waals surface area contributed by atoms with Gasteiger partial charge in [0.2, 0.25) is 0 Å². The van der Waals surface area contributed by atoms with E-state index < -0.39 is 10.5 Å². The first kappa shape index (κ1) is 13.3. The Hall–Kier alpha value is -2.13. The van der Waals surface area contributed by atoms with Crippen molar-refractivity contribution in [3.8, 4) is 6.07 Å². The van der Waals surface area contributed by atoms with E-state index in [0.717, 1.165) is 6.42 Å². The molecule has 0 spiro atoms. The summed E-state index contributed by atoms with van der Waals surface area (Å²) in [6, 6.07) is 6.50. The van der Waals surface area contributed by atoms with E-state index in [1.165, 1.54) is 6.07 Å². The van der Waals surface area contributed by atoms with Gasteiger partial charge in [0, 0.05) is 13.1 Å². The molecular weight excluding hydrogens is 246 g/mol. The van der Waals surface area contributed by atoms with Crippen molar-refractivity contribution in [3.63, 3.8) is 0 Å². The molecule has 0 radical (unpaired) electrons. The first-order chi connectivity index (χ1) is 9.00. The second-order valence-electron chi connectivity index (χ2n) is 4.87. The number of nitro groups is 1. The van der Waals surface area contributed by atoms with Crippen LogP contribution in [0.5, 0.6) is 0 Å². The Bertz CT molecular complexity index is 545. The van der Waals surface area contributed by atoms with Crippen molar-refractivity contribution < 1.29 is 10.0 Å². The molecule has 0 saturated carbocycles. The van der Waals surface area contributed by atoms with Crippen LogP contribution in [0.4, 0.5) is 11.4 Å². The maximum absolute atomic E-state index is 11.1. The summed E-state index contributed by atoms with van der Waals surface area (Å²) in [6.07, 6.45) is 1.54. The number of benzene rings is 1. The van der Waals surface area contributed by atoms with Gasteiger partial charge in [-0.2, -0.15) is 5.26 Å². The fraction of sp³-hybridized carbons (Fsp3) is 0.462. The standard InChI is InChI=1S/C13H15N3O3/c1-2-6-13(17)8-15(9-13)11-5-3-4-10(7-14)12(11)16(18)19/h3-5,17H,2,6,8-9H2,1H3. The largest absolute Gasteiger partial charge is 0.386 e. The summed E-state index contributed by atoms with van der Waals surface area (Å²) in [7, 11) is 0. The topological polar surface area (TPSA) is 90.4 Å². The smallest absolute Gasteiger partial charge is 0.310 e. The lowest BCUT2D eigenvalue weighted by atomic mass is 9.88. The van der Waals surface area contributed by atoms with Crippen molar-refractivity contribution in [2.75, 3.05) is 18.0 Å². The third-order valence-corrected chi connectivity index (χ3v) is 3.34. The molecule has 1 saturated heterocycles. The van der Waals surface area contributed by atoms with Gasteiger partial charge in [-0.1, -0.05) is 19.4 Å². The molecule has 2 rings (SSSR count). The van der Waals surface area contributed by atoms with Crippen LogP contribution in [-0.4, -0.2) is 28.7 Å². The fourth-order valence-corrected chi connectivity index (χ4v) is 2.53. The highest BCUT2D eigenvalue weighted by Gasteiger charge is 2.42. The van der Waals surface area contributed by atoms with E-state index >= 15 is 0 Å². The van der Waals surface area contributed by atoms with Gasteiger partial charge in [0.1, 0.15) is 17.3 Å². The SMILES string of the molecule is CCCC1(O)CN(c2cccc(C#N)c2[N+](=O)[O-])C1. The molecule has 1 aromatic rings. The van der Waals surface area contributed by atoms with Crippen LogP contribution in [0.15, 0.2) is 18.2 Å². The molecule has 1 fully saturated rings. The van der Waals surface area contributed by atoms with Crippen molar-refractivity contribution in [1.82, 2.24) is 0 Å². The molecule has 0 amide bonds. The summed E-state index contributed by atoms with van der Waals surface area (Å²) in [5.74, 6) is 0. The molecule has 0 atom stereocenters.